The number of hydrogen-bond donors (Lipinski definition) is 2. The maximum absolute atomic E-state index is 11.4. The van der Waals surface area contributed by atoms with E-state index in [1.165, 1.54) is 0 Å². The van der Waals surface area contributed by atoms with Crippen LogP contribution in [0.2, 0.25) is 0 Å². The number of hydrogen-bond acceptors (Lipinski definition) is 4. The summed E-state index contributed by atoms with van der Waals surface area (Å²) in [5, 5.41) is 9.06. The molecule has 1 amide bonds. The topological polar surface area (TPSA) is 54.0 Å². The van der Waals surface area contributed by atoms with E-state index >= 15 is 0 Å². The van der Waals surface area contributed by atoms with Gasteiger partial charge in [-0.25, -0.2) is 4.98 Å². The van der Waals surface area contributed by atoms with E-state index in [4.69, 9.17) is 0 Å². The highest BCUT2D eigenvalue weighted by molar-refractivity contribution is 7.09. The van der Waals surface area contributed by atoms with Crippen molar-refractivity contribution >= 4 is 17.2 Å². The first kappa shape index (κ1) is 13.1. The summed E-state index contributed by atoms with van der Waals surface area (Å²) in [4.78, 5) is 15.7. The van der Waals surface area contributed by atoms with Crippen molar-refractivity contribution in [3.8, 4) is 0 Å². The first-order valence-corrected chi connectivity index (χ1v) is 6.55. The van der Waals surface area contributed by atoms with E-state index in [0.717, 1.165) is 24.4 Å². The fourth-order valence-electron chi connectivity index (χ4n) is 1.36. The Morgan fingerprint density at radius 3 is 2.94 bits per heavy atom. The second-order valence-electron chi connectivity index (χ2n) is 3.56. The van der Waals surface area contributed by atoms with Crippen molar-refractivity contribution in [3.05, 3.63) is 16.6 Å². The molecule has 1 aromatic heterocycles. The Morgan fingerprint density at radius 2 is 2.38 bits per heavy atom. The summed E-state index contributed by atoms with van der Waals surface area (Å²) in [7, 11) is 0. The third kappa shape index (κ3) is 4.28. The second kappa shape index (κ2) is 7.35. The van der Waals surface area contributed by atoms with Crippen LogP contribution in [0.3, 0.4) is 0 Å². The lowest BCUT2D eigenvalue weighted by Gasteiger charge is -2.13. The third-order valence-electron chi connectivity index (χ3n) is 2.24. The average molecular weight is 241 g/mol. The van der Waals surface area contributed by atoms with Gasteiger partial charge >= 0.3 is 0 Å². The van der Waals surface area contributed by atoms with Gasteiger partial charge in [-0.05, 0) is 12.8 Å². The first-order valence-electron chi connectivity index (χ1n) is 5.67. The highest BCUT2D eigenvalue weighted by atomic mass is 32.1. The number of aromatic nitrogens is 1. The van der Waals surface area contributed by atoms with Crippen LogP contribution in [0.25, 0.3) is 0 Å². The van der Waals surface area contributed by atoms with Crippen LogP contribution in [-0.2, 0) is 4.79 Å². The molecule has 0 fully saturated rings. The van der Waals surface area contributed by atoms with Crippen LogP contribution in [-0.4, -0.2) is 24.0 Å². The van der Waals surface area contributed by atoms with Gasteiger partial charge in [0.15, 0.2) is 0 Å². The molecule has 1 unspecified atom stereocenters. The van der Waals surface area contributed by atoms with Crippen LogP contribution in [0, 0.1) is 0 Å². The minimum atomic E-state index is 0.0526. The van der Waals surface area contributed by atoms with E-state index in [0.29, 0.717) is 6.54 Å². The van der Waals surface area contributed by atoms with Gasteiger partial charge in [0.2, 0.25) is 5.91 Å². The van der Waals surface area contributed by atoms with Gasteiger partial charge in [0.1, 0.15) is 5.01 Å². The lowest BCUT2D eigenvalue weighted by molar-refractivity contribution is -0.120. The molecule has 2 N–H and O–H groups in total. The zero-order chi connectivity index (χ0) is 11.8. The molecule has 0 spiro atoms. The lowest BCUT2D eigenvalue weighted by atomic mass is 10.2. The van der Waals surface area contributed by atoms with Crippen LogP contribution in [0.4, 0.5) is 0 Å². The minimum absolute atomic E-state index is 0.0526. The van der Waals surface area contributed by atoms with Crippen molar-refractivity contribution in [3.63, 3.8) is 0 Å². The van der Waals surface area contributed by atoms with E-state index in [9.17, 15) is 4.79 Å². The number of amides is 1. The lowest BCUT2D eigenvalue weighted by Crippen LogP contribution is -2.35. The maximum Gasteiger partial charge on any atom is 0.233 e. The quantitative estimate of drug-likeness (QED) is 0.764. The van der Waals surface area contributed by atoms with Crippen molar-refractivity contribution in [2.24, 2.45) is 0 Å². The molecule has 4 nitrogen and oxygen atoms in total. The standard InChI is InChI=1S/C11H19N3OS/c1-3-5-12-10(15)8-14-9(4-2)11-13-6-7-16-11/h6-7,9,14H,3-5,8H2,1-2H3,(H,12,15). The number of rotatable bonds is 7. The summed E-state index contributed by atoms with van der Waals surface area (Å²) in [5.41, 5.74) is 0. The Kier molecular flexibility index (Phi) is 6.03. The summed E-state index contributed by atoms with van der Waals surface area (Å²) < 4.78 is 0. The SMILES string of the molecule is CCCNC(=O)CNC(CC)c1nccs1. The molecule has 0 aliphatic rings. The predicted octanol–water partition coefficient (Wildman–Crippen LogP) is 1.71. The monoisotopic (exact) mass is 241 g/mol. The molecule has 1 heterocycles. The van der Waals surface area contributed by atoms with Gasteiger partial charge in [0.25, 0.3) is 0 Å². The molecule has 0 saturated heterocycles. The highest BCUT2D eigenvalue weighted by Crippen LogP contribution is 2.17. The fourth-order valence-corrected chi connectivity index (χ4v) is 2.15. The molecule has 90 valence electrons. The molecule has 0 aliphatic heterocycles. The van der Waals surface area contributed by atoms with Gasteiger partial charge in [0.05, 0.1) is 12.6 Å². The molecule has 0 bridgehead atoms. The molecule has 1 rings (SSSR count). The number of carbonyl (C=O) groups excluding carboxylic acids is 1. The predicted molar refractivity (Wildman–Crippen MR) is 66.4 cm³/mol. The van der Waals surface area contributed by atoms with E-state index in [2.05, 4.69) is 22.5 Å². The Morgan fingerprint density at radius 1 is 1.56 bits per heavy atom. The fraction of sp³-hybridized carbons (Fsp3) is 0.636. The van der Waals surface area contributed by atoms with Crippen LogP contribution in [0.15, 0.2) is 11.6 Å². The van der Waals surface area contributed by atoms with Gasteiger partial charge in [-0.1, -0.05) is 13.8 Å². The Hall–Kier alpha value is -0.940. The van der Waals surface area contributed by atoms with E-state index in [1.54, 1.807) is 17.5 Å². The van der Waals surface area contributed by atoms with E-state index in [-0.39, 0.29) is 11.9 Å². The zero-order valence-electron chi connectivity index (χ0n) is 9.82. The molecule has 0 saturated carbocycles. The molecular formula is C11H19N3OS. The zero-order valence-corrected chi connectivity index (χ0v) is 10.6. The summed E-state index contributed by atoms with van der Waals surface area (Å²) >= 11 is 1.62. The number of carbonyl (C=O) groups is 1. The van der Waals surface area contributed by atoms with Crippen molar-refractivity contribution in [2.75, 3.05) is 13.1 Å². The summed E-state index contributed by atoms with van der Waals surface area (Å²) in [6.07, 6.45) is 3.70. The van der Waals surface area contributed by atoms with Gasteiger partial charge in [-0.3, -0.25) is 10.1 Å². The van der Waals surface area contributed by atoms with Crippen molar-refractivity contribution in [1.29, 1.82) is 0 Å². The number of nitrogens with one attached hydrogen (secondary N) is 2. The number of nitrogens with zero attached hydrogens (tertiary/aromatic N) is 1. The molecule has 5 heteroatoms. The minimum Gasteiger partial charge on any atom is -0.355 e. The Balaban J connectivity index is 2.32. The van der Waals surface area contributed by atoms with Crippen LogP contribution in [0.1, 0.15) is 37.7 Å². The molecule has 0 aliphatic carbocycles. The van der Waals surface area contributed by atoms with Crippen molar-refractivity contribution in [1.82, 2.24) is 15.6 Å². The summed E-state index contributed by atoms with van der Waals surface area (Å²) in [6, 6.07) is 0.187. The largest absolute Gasteiger partial charge is 0.355 e. The summed E-state index contributed by atoms with van der Waals surface area (Å²) in [6.45, 7) is 5.23. The molecule has 16 heavy (non-hydrogen) atoms. The molecule has 0 aromatic carbocycles. The normalized spacial score (nSPS) is 12.4. The van der Waals surface area contributed by atoms with Gasteiger partial charge in [-0.15, -0.1) is 11.3 Å². The van der Waals surface area contributed by atoms with Crippen LogP contribution < -0.4 is 10.6 Å². The number of thiazole rings is 1. The Labute approximate surface area is 100 Å². The molecule has 0 radical (unpaired) electrons. The van der Waals surface area contributed by atoms with Crippen molar-refractivity contribution in [2.45, 2.75) is 32.7 Å². The third-order valence-corrected chi connectivity index (χ3v) is 3.13. The first-order chi connectivity index (χ1) is 7.77. The van der Waals surface area contributed by atoms with Gasteiger partial charge in [-0.2, -0.15) is 0 Å². The molecule has 1 atom stereocenters. The summed E-state index contributed by atoms with van der Waals surface area (Å²) in [5.74, 6) is 0.0526. The van der Waals surface area contributed by atoms with E-state index < -0.39 is 0 Å². The highest BCUT2D eigenvalue weighted by Gasteiger charge is 2.12. The average Bonchev–Trinajstić information content (AvgIpc) is 2.81. The second-order valence-corrected chi connectivity index (χ2v) is 4.49. The molecular weight excluding hydrogens is 222 g/mol. The maximum atomic E-state index is 11.4. The van der Waals surface area contributed by atoms with Crippen LogP contribution >= 0.6 is 11.3 Å². The van der Waals surface area contributed by atoms with Gasteiger partial charge < -0.3 is 5.32 Å². The smallest absolute Gasteiger partial charge is 0.233 e. The van der Waals surface area contributed by atoms with E-state index in [1.807, 2.05) is 12.3 Å². The van der Waals surface area contributed by atoms with Crippen LogP contribution in [0.5, 0.6) is 0 Å². The van der Waals surface area contributed by atoms with Crippen molar-refractivity contribution < 1.29 is 4.79 Å². The Bertz CT molecular complexity index is 300. The van der Waals surface area contributed by atoms with Gasteiger partial charge in [0, 0.05) is 18.1 Å². The molecule has 1 aromatic rings.